The average molecular weight is 222 g/mol. The molecule has 1 aliphatic rings. The summed E-state index contributed by atoms with van der Waals surface area (Å²) in [6.07, 6.45) is 4.45. The number of rotatable bonds is 2. The van der Waals surface area contributed by atoms with Crippen LogP contribution in [0.4, 0.5) is 5.82 Å². The van der Waals surface area contributed by atoms with Crippen LogP contribution < -0.4 is 5.73 Å². The van der Waals surface area contributed by atoms with Crippen LogP contribution in [0.25, 0.3) is 5.65 Å². The summed E-state index contributed by atoms with van der Waals surface area (Å²) < 4.78 is 1.94. The smallest absolute Gasteiger partial charge is 0.142 e. The zero-order chi connectivity index (χ0) is 10.4. The molecule has 1 aliphatic carbocycles. The number of pyridine rings is 1. The molecule has 3 rings (SSSR count). The van der Waals surface area contributed by atoms with E-state index < -0.39 is 0 Å². The minimum atomic E-state index is 0.436. The maximum Gasteiger partial charge on any atom is 0.142 e. The fourth-order valence-electron chi connectivity index (χ4n) is 1.94. The molecule has 0 spiro atoms. The molecule has 0 saturated heterocycles. The van der Waals surface area contributed by atoms with Crippen LogP contribution in [-0.4, -0.2) is 9.38 Å². The first kappa shape index (κ1) is 9.04. The number of nitrogen functional groups attached to an aromatic ring is 1. The van der Waals surface area contributed by atoms with Crippen LogP contribution >= 0.6 is 11.6 Å². The third-order valence-electron chi connectivity index (χ3n) is 2.88. The molecule has 2 aromatic rings. The van der Waals surface area contributed by atoms with E-state index in [1.54, 1.807) is 0 Å². The lowest BCUT2D eigenvalue weighted by atomic mass is 10.2. The maximum absolute atomic E-state index is 5.89. The van der Waals surface area contributed by atoms with Gasteiger partial charge in [-0.3, -0.25) is 4.40 Å². The van der Waals surface area contributed by atoms with Crippen LogP contribution in [0.1, 0.15) is 30.0 Å². The number of imidazole rings is 1. The minimum Gasteiger partial charge on any atom is -0.385 e. The molecule has 0 atom stereocenters. The number of alkyl halides is 1. The van der Waals surface area contributed by atoms with E-state index in [2.05, 4.69) is 11.1 Å². The summed E-state index contributed by atoms with van der Waals surface area (Å²) in [5, 5.41) is 0. The molecule has 0 unspecified atom stereocenters. The SMILES string of the molecule is Nc1ccc(C2CC2)c2nc(CCl)cn12. The molecule has 78 valence electrons. The predicted molar refractivity (Wildman–Crippen MR) is 61.1 cm³/mol. The van der Waals surface area contributed by atoms with Crippen molar-refractivity contribution in [1.29, 1.82) is 0 Å². The van der Waals surface area contributed by atoms with E-state index in [9.17, 15) is 0 Å². The van der Waals surface area contributed by atoms with Crippen LogP contribution in [0.2, 0.25) is 0 Å². The molecule has 0 aromatic carbocycles. The number of fused-ring (bicyclic) bond motifs is 1. The second-order valence-electron chi connectivity index (χ2n) is 4.05. The van der Waals surface area contributed by atoms with Crippen molar-refractivity contribution in [2.45, 2.75) is 24.6 Å². The third kappa shape index (κ3) is 1.38. The normalized spacial score (nSPS) is 16.1. The van der Waals surface area contributed by atoms with Gasteiger partial charge in [-0.05, 0) is 30.4 Å². The number of hydrogen-bond donors (Lipinski definition) is 1. The number of anilines is 1. The van der Waals surface area contributed by atoms with Gasteiger partial charge in [0.05, 0.1) is 11.6 Å². The van der Waals surface area contributed by atoms with Crippen LogP contribution in [0.3, 0.4) is 0 Å². The lowest BCUT2D eigenvalue weighted by molar-refractivity contribution is 1.08. The third-order valence-corrected chi connectivity index (χ3v) is 3.15. The molecule has 2 heterocycles. The first-order valence-electron chi connectivity index (χ1n) is 5.12. The fourth-order valence-corrected chi connectivity index (χ4v) is 2.07. The topological polar surface area (TPSA) is 43.3 Å². The minimum absolute atomic E-state index is 0.436. The Balaban J connectivity index is 2.28. The molecular formula is C11H12ClN3. The second kappa shape index (κ2) is 3.14. The van der Waals surface area contributed by atoms with Crippen molar-refractivity contribution in [1.82, 2.24) is 9.38 Å². The molecule has 1 fully saturated rings. The number of hydrogen-bond acceptors (Lipinski definition) is 2. The Morgan fingerprint density at radius 2 is 2.27 bits per heavy atom. The average Bonchev–Trinajstić information content (AvgIpc) is 2.97. The van der Waals surface area contributed by atoms with E-state index in [0.717, 1.165) is 17.2 Å². The van der Waals surface area contributed by atoms with Crippen LogP contribution in [-0.2, 0) is 5.88 Å². The summed E-state index contributed by atoms with van der Waals surface area (Å²) in [7, 11) is 0. The summed E-state index contributed by atoms with van der Waals surface area (Å²) in [4.78, 5) is 4.50. The fraction of sp³-hybridized carbons (Fsp3) is 0.364. The Labute approximate surface area is 92.9 Å². The standard InChI is InChI=1S/C11H12ClN3/c12-5-8-6-15-10(13)4-3-9(7-1-2-7)11(15)14-8/h3-4,6-7H,1-2,5,13H2. The lowest BCUT2D eigenvalue weighted by Gasteiger charge is -2.03. The summed E-state index contributed by atoms with van der Waals surface area (Å²) in [5.74, 6) is 1.84. The van der Waals surface area contributed by atoms with Gasteiger partial charge in [0.25, 0.3) is 0 Å². The van der Waals surface area contributed by atoms with Crippen LogP contribution in [0.5, 0.6) is 0 Å². The van der Waals surface area contributed by atoms with Gasteiger partial charge in [0, 0.05) is 6.20 Å². The van der Waals surface area contributed by atoms with Crippen molar-refractivity contribution in [3.05, 3.63) is 29.6 Å². The monoisotopic (exact) mass is 221 g/mol. The molecule has 0 radical (unpaired) electrons. The Morgan fingerprint density at radius 3 is 2.93 bits per heavy atom. The quantitative estimate of drug-likeness (QED) is 0.792. The summed E-state index contributed by atoms with van der Waals surface area (Å²) in [5.41, 5.74) is 9.07. The molecule has 1 saturated carbocycles. The van der Waals surface area contributed by atoms with E-state index in [1.807, 2.05) is 16.7 Å². The highest BCUT2D eigenvalue weighted by Gasteiger charge is 2.26. The molecule has 0 bridgehead atoms. The molecule has 2 N–H and O–H groups in total. The van der Waals surface area contributed by atoms with Crippen molar-refractivity contribution < 1.29 is 0 Å². The van der Waals surface area contributed by atoms with Gasteiger partial charge >= 0.3 is 0 Å². The van der Waals surface area contributed by atoms with E-state index in [0.29, 0.717) is 11.8 Å². The molecule has 0 amide bonds. The number of aromatic nitrogens is 2. The zero-order valence-corrected chi connectivity index (χ0v) is 9.04. The summed E-state index contributed by atoms with van der Waals surface area (Å²) in [6, 6.07) is 4.04. The number of nitrogens with zero attached hydrogens (tertiary/aromatic N) is 2. The van der Waals surface area contributed by atoms with Crippen molar-refractivity contribution in [2.75, 3.05) is 5.73 Å². The van der Waals surface area contributed by atoms with Gasteiger partial charge in [0.1, 0.15) is 11.5 Å². The molecular weight excluding hydrogens is 210 g/mol. The van der Waals surface area contributed by atoms with E-state index in [1.165, 1.54) is 18.4 Å². The molecule has 0 aliphatic heterocycles. The highest BCUT2D eigenvalue weighted by molar-refractivity contribution is 6.16. The summed E-state index contributed by atoms with van der Waals surface area (Å²) >= 11 is 5.78. The van der Waals surface area contributed by atoms with Gasteiger partial charge < -0.3 is 5.73 Å². The highest BCUT2D eigenvalue weighted by Crippen LogP contribution is 2.42. The first-order valence-corrected chi connectivity index (χ1v) is 5.65. The molecule has 2 aromatic heterocycles. The maximum atomic E-state index is 5.89. The molecule has 15 heavy (non-hydrogen) atoms. The molecule has 3 nitrogen and oxygen atoms in total. The van der Waals surface area contributed by atoms with Gasteiger partial charge in [-0.1, -0.05) is 6.07 Å². The number of halogens is 1. The summed E-state index contributed by atoms with van der Waals surface area (Å²) in [6.45, 7) is 0. The Hall–Kier alpha value is -1.22. The van der Waals surface area contributed by atoms with Crippen molar-refractivity contribution in [2.24, 2.45) is 0 Å². The van der Waals surface area contributed by atoms with E-state index >= 15 is 0 Å². The van der Waals surface area contributed by atoms with Gasteiger partial charge in [-0.15, -0.1) is 11.6 Å². The molecule has 4 heteroatoms. The first-order chi connectivity index (χ1) is 7.29. The van der Waals surface area contributed by atoms with Gasteiger partial charge in [0.15, 0.2) is 0 Å². The lowest BCUT2D eigenvalue weighted by Crippen LogP contribution is -1.97. The van der Waals surface area contributed by atoms with Crippen molar-refractivity contribution in [3.63, 3.8) is 0 Å². The zero-order valence-electron chi connectivity index (χ0n) is 8.28. The largest absolute Gasteiger partial charge is 0.385 e. The van der Waals surface area contributed by atoms with E-state index in [4.69, 9.17) is 17.3 Å². The van der Waals surface area contributed by atoms with Crippen molar-refractivity contribution in [3.8, 4) is 0 Å². The van der Waals surface area contributed by atoms with Gasteiger partial charge in [-0.2, -0.15) is 0 Å². The Kier molecular flexibility index (Phi) is 1.89. The Morgan fingerprint density at radius 1 is 1.47 bits per heavy atom. The van der Waals surface area contributed by atoms with Gasteiger partial charge in [0.2, 0.25) is 0 Å². The second-order valence-corrected chi connectivity index (χ2v) is 4.31. The van der Waals surface area contributed by atoms with Crippen molar-refractivity contribution >= 4 is 23.1 Å². The van der Waals surface area contributed by atoms with E-state index in [-0.39, 0.29) is 0 Å². The Bertz CT molecular complexity index is 514. The number of nitrogens with two attached hydrogens (primary N) is 1. The predicted octanol–water partition coefficient (Wildman–Crippen LogP) is 2.53. The van der Waals surface area contributed by atoms with Crippen LogP contribution in [0.15, 0.2) is 18.3 Å². The highest BCUT2D eigenvalue weighted by atomic mass is 35.5. The van der Waals surface area contributed by atoms with Gasteiger partial charge in [-0.25, -0.2) is 4.98 Å². The van der Waals surface area contributed by atoms with Crippen LogP contribution in [0, 0.1) is 0 Å².